The SMILES string of the molecule is O=C(O)c1cn([C@H]2C[C@H](O)[C@@H](COP(=O)(O)O)O2)c(=O)[nH]c1=O. The molecule has 0 aromatic carbocycles. The number of hydrogen-bond acceptors (Lipinski definition) is 7. The maximum Gasteiger partial charge on any atom is 0.469 e. The summed E-state index contributed by atoms with van der Waals surface area (Å²) in [5.74, 6) is -1.56. The summed E-state index contributed by atoms with van der Waals surface area (Å²) in [5, 5.41) is 18.6. The Kier molecular flexibility index (Phi) is 4.84. The van der Waals surface area contributed by atoms with E-state index in [0.717, 1.165) is 10.8 Å². The number of aliphatic hydroxyl groups is 1. The second-order valence-corrected chi connectivity index (χ2v) is 5.97. The largest absolute Gasteiger partial charge is 0.477 e. The Morgan fingerprint density at radius 2 is 2.13 bits per heavy atom. The molecule has 3 atom stereocenters. The summed E-state index contributed by atoms with van der Waals surface area (Å²) in [4.78, 5) is 53.0. The lowest BCUT2D eigenvalue weighted by Gasteiger charge is -2.16. The van der Waals surface area contributed by atoms with Crippen LogP contribution in [-0.2, 0) is 13.8 Å². The van der Waals surface area contributed by atoms with E-state index in [-0.39, 0.29) is 6.42 Å². The smallest absolute Gasteiger partial charge is 0.469 e. The van der Waals surface area contributed by atoms with Crippen LogP contribution in [0.3, 0.4) is 0 Å². The zero-order valence-electron chi connectivity index (χ0n) is 11.4. The van der Waals surface area contributed by atoms with Crippen LogP contribution < -0.4 is 11.2 Å². The maximum atomic E-state index is 11.7. The molecule has 0 saturated carbocycles. The number of rotatable bonds is 5. The fourth-order valence-electron chi connectivity index (χ4n) is 2.06. The minimum atomic E-state index is -4.76. The molecule has 1 aliphatic heterocycles. The van der Waals surface area contributed by atoms with Gasteiger partial charge >= 0.3 is 19.5 Å². The first kappa shape index (κ1) is 17.5. The third-order valence-electron chi connectivity index (χ3n) is 3.12. The molecular weight excluding hydrogens is 339 g/mol. The normalized spacial score (nSPS) is 24.7. The van der Waals surface area contributed by atoms with Crippen molar-refractivity contribution in [2.75, 3.05) is 6.61 Å². The number of carbonyl (C=O) groups is 1. The third kappa shape index (κ3) is 4.13. The summed E-state index contributed by atoms with van der Waals surface area (Å²) in [6.45, 7) is -0.633. The number of phosphoric acid groups is 1. The fourth-order valence-corrected chi connectivity index (χ4v) is 2.40. The number of hydrogen-bond donors (Lipinski definition) is 5. The Hall–Kier alpha value is -1.82. The molecule has 128 valence electrons. The predicted octanol–water partition coefficient (Wildman–Crippen LogP) is -2.01. The molecule has 0 unspecified atom stereocenters. The molecule has 13 heteroatoms. The number of H-pyrrole nitrogens is 1. The van der Waals surface area contributed by atoms with E-state index >= 15 is 0 Å². The Morgan fingerprint density at radius 3 is 2.70 bits per heavy atom. The lowest BCUT2D eigenvalue weighted by Crippen LogP contribution is -2.35. The van der Waals surface area contributed by atoms with Gasteiger partial charge in [-0.05, 0) is 0 Å². The highest BCUT2D eigenvalue weighted by Crippen LogP contribution is 2.38. The predicted molar refractivity (Wildman–Crippen MR) is 70.8 cm³/mol. The van der Waals surface area contributed by atoms with Crippen LogP contribution in [0, 0.1) is 0 Å². The molecule has 1 aliphatic rings. The number of aromatic amines is 1. The van der Waals surface area contributed by atoms with Gasteiger partial charge in [0, 0.05) is 12.6 Å². The van der Waals surface area contributed by atoms with Gasteiger partial charge in [0.25, 0.3) is 5.56 Å². The molecule has 0 amide bonds. The first-order chi connectivity index (χ1) is 10.6. The van der Waals surface area contributed by atoms with Crippen molar-refractivity contribution in [3.05, 3.63) is 32.6 Å². The van der Waals surface area contributed by atoms with E-state index < -0.39 is 55.6 Å². The van der Waals surface area contributed by atoms with Crippen LogP contribution in [0.5, 0.6) is 0 Å². The first-order valence-electron chi connectivity index (χ1n) is 6.21. The summed E-state index contributed by atoms with van der Waals surface area (Å²) in [7, 11) is -4.76. The van der Waals surface area contributed by atoms with Crippen molar-refractivity contribution in [1.82, 2.24) is 9.55 Å². The van der Waals surface area contributed by atoms with Crippen LogP contribution in [0.25, 0.3) is 0 Å². The fraction of sp³-hybridized carbons (Fsp3) is 0.500. The van der Waals surface area contributed by atoms with E-state index in [4.69, 9.17) is 19.6 Å². The number of aliphatic hydroxyl groups excluding tert-OH is 1. The average molecular weight is 352 g/mol. The number of aromatic carboxylic acids is 1. The zero-order valence-corrected chi connectivity index (χ0v) is 12.3. The van der Waals surface area contributed by atoms with E-state index in [0.29, 0.717) is 0 Å². The van der Waals surface area contributed by atoms with E-state index in [1.807, 2.05) is 0 Å². The van der Waals surface area contributed by atoms with E-state index in [2.05, 4.69) is 4.52 Å². The second kappa shape index (κ2) is 6.35. The van der Waals surface area contributed by atoms with Crippen molar-refractivity contribution in [3.8, 4) is 0 Å². The summed E-state index contributed by atoms with van der Waals surface area (Å²) in [6, 6.07) is 0. The van der Waals surface area contributed by atoms with Gasteiger partial charge in [-0.15, -0.1) is 0 Å². The number of aromatic nitrogens is 2. The topological polar surface area (TPSA) is 188 Å². The van der Waals surface area contributed by atoms with Crippen molar-refractivity contribution < 1.29 is 38.6 Å². The van der Waals surface area contributed by atoms with Gasteiger partial charge in [-0.2, -0.15) is 0 Å². The molecule has 0 radical (unpaired) electrons. The number of nitrogens with one attached hydrogen (secondary N) is 1. The summed E-state index contributed by atoms with van der Waals surface area (Å²) in [6.07, 6.45) is -2.87. The van der Waals surface area contributed by atoms with Gasteiger partial charge in [0.05, 0.1) is 12.7 Å². The summed E-state index contributed by atoms with van der Waals surface area (Å²) >= 11 is 0. The van der Waals surface area contributed by atoms with E-state index in [1.165, 1.54) is 0 Å². The molecule has 12 nitrogen and oxygen atoms in total. The lowest BCUT2D eigenvalue weighted by atomic mass is 10.2. The van der Waals surface area contributed by atoms with Crippen molar-refractivity contribution in [1.29, 1.82) is 0 Å². The van der Waals surface area contributed by atoms with Crippen molar-refractivity contribution in [2.45, 2.75) is 24.9 Å². The number of carboxylic acids is 1. The minimum absolute atomic E-state index is 0.166. The molecular formula is C10H13N2O10P. The van der Waals surface area contributed by atoms with E-state index in [1.54, 1.807) is 4.98 Å². The molecule has 0 aliphatic carbocycles. The average Bonchev–Trinajstić information content (AvgIpc) is 2.76. The summed E-state index contributed by atoms with van der Waals surface area (Å²) < 4.78 is 20.9. The number of phosphoric ester groups is 1. The molecule has 0 spiro atoms. The van der Waals surface area contributed by atoms with Crippen LogP contribution in [0.1, 0.15) is 23.0 Å². The Balaban J connectivity index is 2.22. The van der Waals surface area contributed by atoms with Gasteiger partial charge in [0.1, 0.15) is 17.9 Å². The molecule has 0 bridgehead atoms. The molecule has 23 heavy (non-hydrogen) atoms. The van der Waals surface area contributed by atoms with Crippen LogP contribution in [0.15, 0.2) is 15.8 Å². The van der Waals surface area contributed by atoms with Gasteiger partial charge < -0.3 is 24.7 Å². The molecule has 1 saturated heterocycles. The third-order valence-corrected chi connectivity index (χ3v) is 3.61. The van der Waals surface area contributed by atoms with Gasteiger partial charge in [0.2, 0.25) is 0 Å². The molecule has 2 heterocycles. The van der Waals surface area contributed by atoms with Gasteiger partial charge in [-0.1, -0.05) is 0 Å². The number of nitrogens with zero attached hydrogens (tertiary/aromatic N) is 1. The first-order valence-corrected chi connectivity index (χ1v) is 7.74. The van der Waals surface area contributed by atoms with Crippen LogP contribution in [0.2, 0.25) is 0 Å². The Bertz CT molecular complexity index is 764. The van der Waals surface area contributed by atoms with Crippen molar-refractivity contribution in [2.24, 2.45) is 0 Å². The molecule has 2 rings (SSSR count). The standard InChI is InChI=1S/C10H13N2O10P/c13-5-1-7(22-6(5)3-21-23(18,19)20)12-2-4(9(15)16)8(14)11-10(12)17/h2,5-7,13H,1,3H2,(H,15,16)(H,11,14,17)(H2,18,19,20)/t5-,6+,7+/m0/s1. The Labute approximate surface area is 127 Å². The maximum absolute atomic E-state index is 11.7. The number of carboxylic acid groups (broad SMARTS) is 1. The number of ether oxygens (including phenoxy) is 1. The summed E-state index contributed by atoms with van der Waals surface area (Å²) in [5.41, 5.74) is -2.73. The lowest BCUT2D eigenvalue weighted by molar-refractivity contribution is -0.0451. The highest BCUT2D eigenvalue weighted by Gasteiger charge is 2.37. The van der Waals surface area contributed by atoms with Crippen LogP contribution in [-0.4, -0.2) is 54.3 Å². The molecule has 1 aromatic heterocycles. The second-order valence-electron chi connectivity index (χ2n) is 4.73. The monoisotopic (exact) mass is 352 g/mol. The highest BCUT2D eigenvalue weighted by molar-refractivity contribution is 7.46. The quantitative estimate of drug-likeness (QED) is 0.370. The molecule has 1 fully saturated rings. The molecule has 5 N–H and O–H groups in total. The zero-order chi connectivity index (χ0) is 17.4. The van der Waals surface area contributed by atoms with Gasteiger partial charge in [0.15, 0.2) is 0 Å². The van der Waals surface area contributed by atoms with Crippen molar-refractivity contribution >= 4 is 13.8 Å². The van der Waals surface area contributed by atoms with E-state index in [9.17, 15) is 24.1 Å². The van der Waals surface area contributed by atoms with Gasteiger partial charge in [-0.3, -0.25) is 18.9 Å². The minimum Gasteiger partial charge on any atom is -0.477 e. The van der Waals surface area contributed by atoms with Crippen LogP contribution in [0.4, 0.5) is 0 Å². The van der Waals surface area contributed by atoms with Crippen LogP contribution >= 0.6 is 7.82 Å². The Morgan fingerprint density at radius 1 is 1.48 bits per heavy atom. The highest BCUT2D eigenvalue weighted by atomic mass is 31.2. The van der Waals surface area contributed by atoms with Crippen molar-refractivity contribution in [3.63, 3.8) is 0 Å². The molecule has 1 aromatic rings. The van der Waals surface area contributed by atoms with Gasteiger partial charge in [-0.25, -0.2) is 14.2 Å².